The van der Waals surface area contributed by atoms with Crippen LogP contribution in [0.15, 0.2) is 53.1 Å². The third-order valence-corrected chi connectivity index (χ3v) is 4.99. The highest BCUT2D eigenvalue weighted by Gasteiger charge is 2.34. The maximum Gasteiger partial charge on any atom is 0.128 e. The maximum absolute atomic E-state index is 9.42. The fourth-order valence-corrected chi connectivity index (χ4v) is 3.56. The van der Waals surface area contributed by atoms with Crippen LogP contribution in [0.1, 0.15) is 25.3 Å². The van der Waals surface area contributed by atoms with Crippen molar-refractivity contribution in [2.24, 2.45) is 10.9 Å². The Balaban J connectivity index is 1.49. The lowest BCUT2D eigenvalue weighted by atomic mass is 9.96. The minimum atomic E-state index is 0.214. The Kier molecular flexibility index (Phi) is 4.02. The van der Waals surface area contributed by atoms with Crippen LogP contribution in [0, 0.1) is 5.92 Å². The summed E-state index contributed by atoms with van der Waals surface area (Å²) in [6, 6.07) is 7.38. The van der Waals surface area contributed by atoms with Crippen molar-refractivity contribution in [3.63, 3.8) is 0 Å². The van der Waals surface area contributed by atoms with Gasteiger partial charge in [-0.1, -0.05) is 12.1 Å². The van der Waals surface area contributed by atoms with Gasteiger partial charge in [-0.25, -0.2) is 0 Å². The number of fused-ring (bicyclic) bond motifs is 1. The summed E-state index contributed by atoms with van der Waals surface area (Å²) in [7, 11) is 0. The molecule has 1 N–H and O–H groups in total. The average Bonchev–Trinajstić information content (AvgIpc) is 3.00. The first-order valence-electron chi connectivity index (χ1n) is 8.55. The Hall–Kier alpha value is -2.27. The monoisotopic (exact) mass is 325 g/mol. The van der Waals surface area contributed by atoms with E-state index in [4.69, 9.17) is 9.73 Å². The smallest absolute Gasteiger partial charge is 0.128 e. The molecule has 0 saturated carbocycles. The number of ether oxygens (including phenoxy) is 1. The molecular formula is C19H23N3O2. The molecule has 1 aromatic carbocycles. The number of phenols is 1. The van der Waals surface area contributed by atoms with Crippen molar-refractivity contribution in [2.45, 2.75) is 32.5 Å². The van der Waals surface area contributed by atoms with Gasteiger partial charge in [-0.3, -0.25) is 4.99 Å². The second-order valence-corrected chi connectivity index (χ2v) is 6.67. The Morgan fingerprint density at radius 2 is 1.92 bits per heavy atom. The summed E-state index contributed by atoms with van der Waals surface area (Å²) in [5, 5.41) is 9.42. The lowest BCUT2D eigenvalue weighted by Crippen LogP contribution is -2.37. The molecule has 0 spiro atoms. The molecule has 24 heavy (non-hydrogen) atoms. The first kappa shape index (κ1) is 15.3. The molecule has 5 nitrogen and oxygen atoms in total. The van der Waals surface area contributed by atoms with E-state index in [0.717, 1.165) is 38.3 Å². The summed E-state index contributed by atoms with van der Waals surface area (Å²) in [5.41, 5.74) is 3.52. The molecular weight excluding hydrogens is 302 g/mol. The number of nitrogens with zero attached hydrogens (tertiary/aromatic N) is 3. The maximum atomic E-state index is 9.42. The van der Waals surface area contributed by atoms with Crippen molar-refractivity contribution in [3.05, 3.63) is 53.6 Å². The predicted octanol–water partition coefficient (Wildman–Crippen LogP) is 3.05. The first-order valence-corrected chi connectivity index (χ1v) is 8.55. The number of aromatic hydroxyl groups is 1. The van der Waals surface area contributed by atoms with Crippen LogP contribution in [0.2, 0.25) is 0 Å². The van der Waals surface area contributed by atoms with E-state index in [1.54, 1.807) is 12.1 Å². The number of benzene rings is 1. The molecule has 4 rings (SSSR count). The van der Waals surface area contributed by atoms with Crippen LogP contribution in [-0.2, 0) is 11.3 Å². The summed E-state index contributed by atoms with van der Waals surface area (Å²) >= 11 is 0. The SMILES string of the molecule is CC1=CN2C(=CN1Cc1ccc(O)cc1)C=NC2C1CCOCC1. The molecule has 3 aliphatic heterocycles. The van der Waals surface area contributed by atoms with Gasteiger partial charge in [0.1, 0.15) is 11.9 Å². The number of rotatable bonds is 3. The molecule has 1 fully saturated rings. The van der Waals surface area contributed by atoms with Gasteiger partial charge in [0.15, 0.2) is 0 Å². The molecule has 1 saturated heterocycles. The van der Waals surface area contributed by atoms with Crippen LogP contribution in [0.5, 0.6) is 5.75 Å². The average molecular weight is 325 g/mol. The van der Waals surface area contributed by atoms with Gasteiger partial charge in [-0.05, 0) is 37.5 Å². The van der Waals surface area contributed by atoms with Gasteiger partial charge in [0, 0.05) is 50.0 Å². The largest absolute Gasteiger partial charge is 0.508 e. The number of aliphatic imine (C=N–C) groups is 1. The summed E-state index contributed by atoms with van der Waals surface area (Å²) in [6.07, 6.45) is 8.75. The molecule has 126 valence electrons. The van der Waals surface area contributed by atoms with Crippen molar-refractivity contribution in [2.75, 3.05) is 13.2 Å². The molecule has 0 amide bonds. The molecule has 3 aliphatic rings. The van der Waals surface area contributed by atoms with Crippen LogP contribution < -0.4 is 0 Å². The normalized spacial score (nSPS) is 24.0. The van der Waals surface area contributed by atoms with Crippen LogP contribution >= 0.6 is 0 Å². The predicted molar refractivity (Wildman–Crippen MR) is 93.2 cm³/mol. The minimum Gasteiger partial charge on any atom is -0.508 e. The first-order chi connectivity index (χ1) is 11.7. The highest BCUT2D eigenvalue weighted by molar-refractivity contribution is 5.81. The molecule has 0 aromatic heterocycles. The number of allylic oxidation sites excluding steroid dienone is 2. The van der Waals surface area contributed by atoms with Gasteiger partial charge < -0.3 is 19.6 Å². The van der Waals surface area contributed by atoms with Crippen LogP contribution in [0.3, 0.4) is 0 Å². The van der Waals surface area contributed by atoms with Crippen LogP contribution in [0.4, 0.5) is 0 Å². The summed E-state index contributed by atoms with van der Waals surface area (Å²) in [4.78, 5) is 9.30. The van der Waals surface area contributed by atoms with E-state index in [9.17, 15) is 5.11 Å². The highest BCUT2D eigenvalue weighted by atomic mass is 16.5. The fraction of sp³-hybridized carbons (Fsp3) is 0.421. The van der Waals surface area contributed by atoms with Crippen molar-refractivity contribution >= 4 is 6.21 Å². The van der Waals surface area contributed by atoms with E-state index in [2.05, 4.69) is 29.1 Å². The number of hydrogen-bond donors (Lipinski definition) is 1. The van der Waals surface area contributed by atoms with E-state index in [1.165, 1.54) is 11.3 Å². The summed E-state index contributed by atoms with van der Waals surface area (Å²) < 4.78 is 5.48. The van der Waals surface area contributed by atoms with Crippen molar-refractivity contribution in [3.8, 4) is 5.75 Å². The third-order valence-electron chi connectivity index (χ3n) is 4.99. The Morgan fingerprint density at radius 3 is 2.67 bits per heavy atom. The van der Waals surface area contributed by atoms with E-state index < -0.39 is 0 Å². The van der Waals surface area contributed by atoms with Gasteiger partial charge in [0.25, 0.3) is 0 Å². The quantitative estimate of drug-likeness (QED) is 0.928. The standard InChI is InChI=1S/C19H23N3O2/c1-14-11-22-17(10-20-19(22)16-6-8-24-9-7-16)13-21(14)12-15-2-4-18(23)5-3-15/h2-5,10-11,13,16,19,23H,6-9,12H2,1H3. The Labute approximate surface area is 142 Å². The second-order valence-electron chi connectivity index (χ2n) is 6.67. The van der Waals surface area contributed by atoms with E-state index in [-0.39, 0.29) is 6.17 Å². The van der Waals surface area contributed by atoms with Gasteiger partial charge in [0.05, 0.1) is 5.70 Å². The van der Waals surface area contributed by atoms with Crippen molar-refractivity contribution in [1.29, 1.82) is 0 Å². The lowest BCUT2D eigenvalue weighted by molar-refractivity contribution is 0.0448. The molecule has 1 atom stereocenters. The zero-order valence-corrected chi connectivity index (χ0v) is 13.9. The molecule has 1 unspecified atom stereocenters. The van der Waals surface area contributed by atoms with Crippen molar-refractivity contribution < 1.29 is 9.84 Å². The summed E-state index contributed by atoms with van der Waals surface area (Å²) in [6.45, 7) is 4.61. The highest BCUT2D eigenvalue weighted by Crippen LogP contribution is 2.33. The topological polar surface area (TPSA) is 48.3 Å². The zero-order chi connectivity index (χ0) is 16.5. The lowest BCUT2D eigenvalue weighted by Gasteiger charge is -2.36. The summed E-state index contributed by atoms with van der Waals surface area (Å²) in [5.74, 6) is 0.866. The van der Waals surface area contributed by atoms with Crippen molar-refractivity contribution in [1.82, 2.24) is 9.80 Å². The van der Waals surface area contributed by atoms with Gasteiger partial charge in [-0.15, -0.1) is 0 Å². The van der Waals surface area contributed by atoms with E-state index in [0.29, 0.717) is 11.7 Å². The number of phenolic OH excluding ortho intramolecular Hbond substituents is 1. The zero-order valence-electron chi connectivity index (χ0n) is 13.9. The van der Waals surface area contributed by atoms with Crippen LogP contribution in [-0.4, -0.2) is 40.5 Å². The fourth-order valence-electron chi connectivity index (χ4n) is 3.56. The van der Waals surface area contributed by atoms with Gasteiger partial charge >= 0.3 is 0 Å². The molecule has 5 heteroatoms. The van der Waals surface area contributed by atoms with E-state index >= 15 is 0 Å². The van der Waals surface area contributed by atoms with Gasteiger partial charge in [-0.2, -0.15) is 0 Å². The molecule has 3 heterocycles. The molecule has 0 aliphatic carbocycles. The Bertz CT molecular complexity index is 687. The van der Waals surface area contributed by atoms with Crippen LogP contribution in [0.25, 0.3) is 0 Å². The number of hydrogen-bond acceptors (Lipinski definition) is 5. The van der Waals surface area contributed by atoms with E-state index in [1.807, 2.05) is 18.3 Å². The molecule has 0 bridgehead atoms. The Morgan fingerprint density at radius 1 is 1.17 bits per heavy atom. The molecule has 1 aromatic rings. The molecule has 0 radical (unpaired) electrons. The third kappa shape index (κ3) is 2.91. The van der Waals surface area contributed by atoms with Gasteiger partial charge in [0.2, 0.25) is 0 Å². The minimum absolute atomic E-state index is 0.214. The second kappa shape index (κ2) is 6.32.